The summed E-state index contributed by atoms with van der Waals surface area (Å²) in [6.45, 7) is 1.50. The van der Waals surface area contributed by atoms with E-state index in [9.17, 15) is 4.79 Å². The first-order valence-corrected chi connectivity index (χ1v) is 5.14. The molecule has 4 heteroatoms. The second-order valence-electron chi connectivity index (χ2n) is 2.31. The van der Waals surface area contributed by atoms with Crippen molar-refractivity contribution in [2.45, 2.75) is 6.92 Å². The van der Waals surface area contributed by atoms with Crippen molar-refractivity contribution < 1.29 is 4.79 Å². The Hall–Kier alpha value is 0.140. The molecule has 1 nitrogen and oxygen atoms in total. The second-order valence-corrected chi connectivity index (χ2v) is 4.39. The molecule has 0 amide bonds. The van der Waals surface area contributed by atoms with Gasteiger partial charge in [-0.3, -0.25) is 4.79 Å². The zero-order valence-electron chi connectivity index (χ0n) is 6.20. The van der Waals surface area contributed by atoms with E-state index < -0.39 is 0 Å². The molecule has 0 heterocycles. The molecule has 0 aromatic heterocycles. The molecule has 0 unspecified atom stereocenters. The van der Waals surface area contributed by atoms with Gasteiger partial charge in [0, 0.05) is 19.5 Å². The van der Waals surface area contributed by atoms with Gasteiger partial charge in [0.1, 0.15) is 0 Å². The monoisotopic (exact) mass is 310 g/mol. The molecular weight excluding hydrogens is 307 g/mol. The maximum Gasteiger partial charge on any atom is 0.161 e. The van der Waals surface area contributed by atoms with Gasteiger partial charge in [-0.1, -0.05) is 11.6 Å². The van der Waals surface area contributed by atoms with Gasteiger partial charge in [0.2, 0.25) is 0 Å². The van der Waals surface area contributed by atoms with E-state index in [4.69, 9.17) is 11.6 Å². The van der Waals surface area contributed by atoms with Crippen LogP contribution < -0.4 is 0 Å². The van der Waals surface area contributed by atoms with Crippen molar-refractivity contribution in [3.8, 4) is 0 Å². The van der Waals surface area contributed by atoms with Gasteiger partial charge >= 0.3 is 0 Å². The normalized spacial score (nSPS) is 10.0. The lowest BCUT2D eigenvalue weighted by molar-refractivity contribution is 0.101. The Morgan fingerprint density at radius 2 is 2.00 bits per heavy atom. The molecule has 64 valence electrons. The smallest absolute Gasteiger partial charge is 0.161 e. The van der Waals surface area contributed by atoms with Crippen LogP contribution in [0.5, 0.6) is 0 Å². The van der Waals surface area contributed by atoms with E-state index in [0.717, 1.165) is 8.95 Å². The van der Waals surface area contributed by atoms with Crippen molar-refractivity contribution in [3.05, 3.63) is 31.7 Å². The fourth-order valence-corrected chi connectivity index (χ4v) is 2.13. The molecule has 0 aliphatic rings. The zero-order chi connectivity index (χ0) is 9.30. The van der Waals surface area contributed by atoms with Gasteiger partial charge in [-0.05, 0) is 50.9 Å². The maximum absolute atomic E-state index is 11.1. The predicted octanol–water partition coefficient (Wildman–Crippen LogP) is 4.07. The summed E-state index contributed by atoms with van der Waals surface area (Å²) in [6.07, 6.45) is 0. The van der Waals surface area contributed by atoms with E-state index in [1.807, 2.05) is 0 Å². The molecular formula is C8H5Br2ClO. The highest BCUT2D eigenvalue weighted by Gasteiger charge is 2.09. The van der Waals surface area contributed by atoms with Crippen LogP contribution >= 0.6 is 43.5 Å². The molecule has 0 aliphatic heterocycles. The number of carbonyl (C=O) groups excluding carboxylic acids is 1. The minimum absolute atomic E-state index is 0.00919. The van der Waals surface area contributed by atoms with Crippen LogP contribution in [0.2, 0.25) is 5.02 Å². The Bertz CT molecular complexity index is 336. The molecule has 1 aromatic rings. The van der Waals surface area contributed by atoms with Crippen LogP contribution in [0.25, 0.3) is 0 Å². The van der Waals surface area contributed by atoms with Gasteiger partial charge in [0.15, 0.2) is 5.78 Å². The van der Waals surface area contributed by atoms with Crippen LogP contribution in [-0.2, 0) is 0 Å². The van der Waals surface area contributed by atoms with Gasteiger partial charge in [-0.15, -0.1) is 0 Å². The summed E-state index contributed by atoms with van der Waals surface area (Å²) in [5.41, 5.74) is 0.592. The molecule has 0 N–H and O–H groups in total. The summed E-state index contributed by atoms with van der Waals surface area (Å²) in [5, 5.41) is 0.551. The molecule has 0 spiro atoms. The van der Waals surface area contributed by atoms with Gasteiger partial charge in [0.05, 0.1) is 0 Å². The van der Waals surface area contributed by atoms with E-state index in [1.54, 1.807) is 12.1 Å². The molecule has 1 rings (SSSR count). The number of rotatable bonds is 1. The molecule has 0 atom stereocenters. The van der Waals surface area contributed by atoms with E-state index in [0.29, 0.717) is 10.6 Å². The first kappa shape index (κ1) is 10.2. The largest absolute Gasteiger partial charge is 0.294 e. The van der Waals surface area contributed by atoms with Crippen molar-refractivity contribution in [2.75, 3.05) is 0 Å². The van der Waals surface area contributed by atoms with E-state index in [1.165, 1.54) is 6.92 Å². The molecule has 0 aliphatic carbocycles. The van der Waals surface area contributed by atoms with E-state index in [-0.39, 0.29) is 5.78 Å². The first-order valence-electron chi connectivity index (χ1n) is 3.18. The summed E-state index contributed by atoms with van der Waals surface area (Å²) < 4.78 is 1.54. The van der Waals surface area contributed by atoms with Crippen LogP contribution in [0.1, 0.15) is 17.3 Å². The summed E-state index contributed by atoms with van der Waals surface area (Å²) in [5.74, 6) is -0.00919. The van der Waals surface area contributed by atoms with Crippen LogP contribution in [0.3, 0.4) is 0 Å². The fraction of sp³-hybridized carbons (Fsp3) is 0.125. The van der Waals surface area contributed by atoms with Crippen LogP contribution in [0.15, 0.2) is 21.1 Å². The first-order chi connectivity index (χ1) is 5.52. The number of hydrogen-bond donors (Lipinski definition) is 0. The summed E-state index contributed by atoms with van der Waals surface area (Å²) >= 11 is 12.3. The highest BCUT2D eigenvalue weighted by atomic mass is 79.9. The number of Topliss-reactive ketones (excluding diaryl/α,β-unsaturated/α-hetero) is 1. The summed E-state index contributed by atoms with van der Waals surface area (Å²) in [6, 6.07) is 3.37. The van der Waals surface area contributed by atoms with Crippen molar-refractivity contribution in [3.63, 3.8) is 0 Å². The Balaban J connectivity index is 3.37. The van der Waals surface area contributed by atoms with Gasteiger partial charge in [0.25, 0.3) is 0 Å². The summed E-state index contributed by atoms with van der Waals surface area (Å²) in [4.78, 5) is 11.1. The predicted molar refractivity (Wildman–Crippen MR) is 56.9 cm³/mol. The molecule has 12 heavy (non-hydrogen) atoms. The molecule has 0 saturated heterocycles. The fourth-order valence-electron chi connectivity index (χ4n) is 0.812. The number of halogens is 3. The standard InChI is InChI=1S/C8H5Br2ClO/c1-4(12)6-2-5(11)3-7(9)8(6)10/h2-3H,1H3. The number of hydrogen-bond acceptors (Lipinski definition) is 1. The van der Waals surface area contributed by atoms with Gasteiger partial charge < -0.3 is 0 Å². The number of benzene rings is 1. The van der Waals surface area contributed by atoms with E-state index in [2.05, 4.69) is 31.9 Å². The van der Waals surface area contributed by atoms with Crippen molar-refractivity contribution in [2.24, 2.45) is 0 Å². The number of carbonyl (C=O) groups is 1. The molecule has 1 aromatic carbocycles. The lowest BCUT2D eigenvalue weighted by atomic mass is 10.1. The second kappa shape index (κ2) is 3.90. The Morgan fingerprint density at radius 3 is 2.50 bits per heavy atom. The third kappa shape index (κ3) is 2.09. The topological polar surface area (TPSA) is 17.1 Å². The molecule has 0 radical (unpaired) electrons. The summed E-state index contributed by atoms with van der Waals surface area (Å²) in [7, 11) is 0. The molecule has 0 saturated carbocycles. The van der Waals surface area contributed by atoms with Gasteiger partial charge in [-0.25, -0.2) is 0 Å². The zero-order valence-corrected chi connectivity index (χ0v) is 10.1. The van der Waals surface area contributed by atoms with Crippen LogP contribution in [-0.4, -0.2) is 5.78 Å². The highest BCUT2D eigenvalue weighted by molar-refractivity contribution is 9.13. The van der Waals surface area contributed by atoms with Crippen LogP contribution in [0, 0.1) is 0 Å². The highest BCUT2D eigenvalue weighted by Crippen LogP contribution is 2.30. The average Bonchev–Trinajstić information content (AvgIpc) is 1.96. The van der Waals surface area contributed by atoms with Crippen LogP contribution in [0.4, 0.5) is 0 Å². The average molecular weight is 312 g/mol. The Morgan fingerprint density at radius 1 is 1.42 bits per heavy atom. The third-order valence-electron chi connectivity index (χ3n) is 1.37. The Labute approximate surface area is 92.4 Å². The SMILES string of the molecule is CC(=O)c1cc(Cl)cc(Br)c1Br. The maximum atomic E-state index is 11.1. The molecule has 0 fully saturated rings. The van der Waals surface area contributed by atoms with Crippen molar-refractivity contribution >= 4 is 49.2 Å². The number of ketones is 1. The van der Waals surface area contributed by atoms with E-state index >= 15 is 0 Å². The van der Waals surface area contributed by atoms with Crippen molar-refractivity contribution in [1.29, 1.82) is 0 Å². The third-order valence-corrected chi connectivity index (χ3v) is 3.60. The van der Waals surface area contributed by atoms with Crippen molar-refractivity contribution in [1.82, 2.24) is 0 Å². The quantitative estimate of drug-likeness (QED) is 0.564. The minimum Gasteiger partial charge on any atom is -0.294 e. The Kier molecular flexibility index (Phi) is 3.32. The lowest BCUT2D eigenvalue weighted by Gasteiger charge is -2.02. The minimum atomic E-state index is -0.00919. The molecule has 0 bridgehead atoms. The van der Waals surface area contributed by atoms with Gasteiger partial charge in [-0.2, -0.15) is 0 Å². The lowest BCUT2D eigenvalue weighted by Crippen LogP contribution is -1.93.